The van der Waals surface area contributed by atoms with Gasteiger partial charge in [0.2, 0.25) is 5.91 Å². The second kappa shape index (κ2) is 8.45. The summed E-state index contributed by atoms with van der Waals surface area (Å²) in [4.78, 5) is 29.3. The van der Waals surface area contributed by atoms with E-state index in [0.717, 1.165) is 31.7 Å². The molecule has 2 amide bonds. The maximum absolute atomic E-state index is 12.6. The molecule has 25 heavy (non-hydrogen) atoms. The average Bonchev–Trinajstić information content (AvgIpc) is 2.56. The van der Waals surface area contributed by atoms with Crippen LogP contribution < -0.4 is 10.6 Å². The lowest BCUT2D eigenvalue weighted by molar-refractivity contribution is -0.121. The van der Waals surface area contributed by atoms with E-state index in [2.05, 4.69) is 27.5 Å². The lowest BCUT2D eigenvalue weighted by Gasteiger charge is -2.35. The fourth-order valence-corrected chi connectivity index (χ4v) is 2.86. The quantitative estimate of drug-likeness (QED) is 0.852. The lowest BCUT2D eigenvalue weighted by Crippen LogP contribution is -2.51. The Morgan fingerprint density at radius 2 is 1.72 bits per heavy atom. The maximum Gasteiger partial charge on any atom is 0.251 e. The highest BCUT2D eigenvalue weighted by Gasteiger charge is 2.24. The third-order valence-corrected chi connectivity index (χ3v) is 4.64. The molecular weight excluding hydrogens is 316 g/mol. The van der Waals surface area contributed by atoms with Crippen LogP contribution in [-0.4, -0.2) is 66.9 Å². The number of piperazine rings is 1. The van der Waals surface area contributed by atoms with Gasteiger partial charge in [0.25, 0.3) is 5.91 Å². The number of rotatable bonds is 5. The Morgan fingerprint density at radius 3 is 2.32 bits per heavy atom. The predicted octanol–water partition coefficient (Wildman–Crippen LogP) is 1.71. The Balaban J connectivity index is 2.05. The van der Waals surface area contributed by atoms with Gasteiger partial charge in [-0.1, -0.05) is 6.07 Å². The number of hydrogen-bond donors (Lipinski definition) is 2. The van der Waals surface area contributed by atoms with E-state index < -0.39 is 0 Å². The van der Waals surface area contributed by atoms with E-state index in [9.17, 15) is 9.59 Å². The van der Waals surface area contributed by atoms with E-state index >= 15 is 0 Å². The number of carbonyl (C=O) groups excluding carboxylic acids is 2. The first-order valence-electron chi connectivity index (χ1n) is 8.93. The molecule has 2 rings (SSSR count). The summed E-state index contributed by atoms with van der Waals surface area (Å²) < 4.78 is 0. The zero-order valence-electron chi connectivity index (χ0n) is 15.9. The van der Waals surface area contributed by atoms with Crippen LogP contribution in [0, 0.1) is 6.92 Å². The summed E-state index contributed by atoms with van der Waals surface area (Å²) in [6, 6.07) is 5.28. The van der Waals surface area contributed by atoms with Gasteiger partial charge in [-0.2, -0.15) is 0 Å². The molecular formula is C19H30N4O2. The number of hydrogen-bond acceptors (Lipinski definition) is 4. The van der Waals surface area contributed by atoms with E-state index in [4.69, 9.17) is 0 Å². The van der Waals surface area contributed by atoms with E-state index in [1.165, 1.54) is 0 Å². The molecule has 0 aromatic heterocycles. The Morgan fingerprint density at radius 1 is 1.08 bits per heavy atom. The van der Waals surface area contributed by atoms with Gasteiger partial charge >= 0.3 is 0 Å². The molecule has 1 aliphatic heterocycles. The Bertz CT molecular complexity index is 622. The van der Waals surface area contributed by atoms with Crippen molar-refractivity contribution in [3.8, 4) is 0 Å². The molecule has 1 aliphatic rings. The molecule has 0 radical (unpaired) electrons. The van der Waals surface area contributed by atoms with E-state index in [-0.39, 0.29) is 23.9 Å². The molecule has 0 bridgehead atoms. The number of aryl methyl sites for hydroxylation is 1. The van der Waals surface area contributed by atoms with Crippen LogP contribution in [0.1, 0.15) is 36.7 Å². The Labute approximate surface area is 150 Å². The van der Waals surface area contributed by atoms with Crippen LogP contribution in [0.25, 0.3) is 0 Å². The molecule has 1 atom stereocenters. The molecule has 0 saturated carbocycles. The minimum atomic E-state index is -0.193. The highest BCUT2D eigenvalue weighted by molar-refractivity contribution is 5.99. The molecule has 1 aromatic carbocycles. The third-order valence-electron chi connectivity index (χ3n) is 4.64. The molecule has 1 heterocycles. The van der Waals surface area contributed by atoms with Crippen molar-refractivity contribution in [2.75, 3.05) is 38.5 Å². The van der Waals surface area contributed by atoms with Crippen LogP contribution in [0.3, 0.4) is 0 Å². The van der Waals surface area contributed by atoms with Crippen LogP contribution >= 0.6 is 0 Å². The number of benzene rings is 1. The smallest absolute Gasteiger partial charge is 0.251 e. The second-order valence-electron chi connectivity index (χ2n) is 7.16. The molecule has 1 aromatic rings. The van der Waals surface area contributed by atoms with Crippen molar-refractivity contribution in [3.63, 3.8) is 0 Å². The number of nitrogens with one attached hydrogen (secondary N) is 2. The molecule has 0 aliphatic carbocycles. The van der Waals surface area contributed by atoms with Gasteiger partial charge in [0.05, 0.1) is 6.04 Å². The third kappa shape index (κ3) is 5.28. The molecule has 1 fully saturated rings. The summed E-state index contributed by atoms with van der Waals surface area (Å²) in [5, 5.41) is 5.87. The largest absolute Gasteiger partial charge is 0.350 e. The van der Waals surface area contributed by atoms with Crippen LogP contribution in [0.2, 0.25) is 0 Å². The fourth-order valence-electron chi connectivity index (χ4n) is 2.86. The SMILES string of the molecule is Cc1ccc(C(=O)NC(C)C)cc1NC(=O)C(C)N1CCN(C)CC1. The number of amides is 2. The number of carbonyl (C=O) groups is 2. The first-order valence-corrected chi connectivity index (χ1v) is 8.93. The zero-order valence-corrected chi connectivity index (χ0v) is 15.9. The number of likely N-dealkylation sites (N-methyl/N-ethyl adjacent to an activating group) is 1. The van der Waals surface area contributed by atoms with Crippen molar-refractivity contribution in [1.29, 1.82) is 0 Å². The van der Waals surface area contributed by atoms with Crippen molar-refractivity contribution in [2.45, 2.75) is 39.8 Å². The molecule has 1 saturated heterocycles. The van der Waals surface area contributed by atoms with Crippen LogP contribution in [0.15, 0.2) is 18.2 Å². The summed E-state index contributed by atoms with van der Waals surface area (Å²) in [5.41, 5.74) is 2.20. The van der Waals surface area contributed by atoms with Gasteiger partial charge in [-0.15, -0.1) is 0 Å². The van der Waals surface area contributed by atoms with Crippen molar-refractivity contribution in [3.05, 3.63) is 29.3 Å². The van der Waals surface area contributed by atoms with Crippen LogP contribution in [0.4, 0.5) is 5.69 Å². The predicted molar refractivity (Wildman–Crippen MR) is 101 cm³/mol. The van der Waals surface area contributed by atoms with E-state index in [1.807, 2.05) is 33.8 Å². The molecule has 0 spiro atoms. The van der Waals surface area contributed by atoms with Crippen molar-refractivity contribution >= 4 is 17.5 Å². The van der Waals surface area contributed by atoms with Crippen LogP contribution in [0.5, 0.6) is 0 Å². The standard InChI is InChI=1S/C19H30N4O2/c1-13(2)20-19(25)16-7-6-14(3)17(12-16)21-18(24)15(4)23-10-8-22(5)9-11-23/h6-7,12-13,15H,8-11H2,1-5H3,(H,20,25)(H,21,24). The van der Waals surface area contributed by atoms with Gasteiger partial charge in [0, 0.05) is 43.5 Å². The zero-order chi connectivity index (χ0) is 18.6. The van der Waals surface area contributed by atoms with Crippen molar-refractivity contribution in [2.24, 2.45) is 0 Å². The molecule has 1 unspecified atom stereocenters. The second-order valence-corrected chi connectivity index (χ2v) is 7.16. The topological polar surface area (TPSA) is 64.7 Å². The first-order chi connectivity index (χ1) is 11.8. The van der Waals surface area contributed by atoms with Gasteiger partial charge < -0.3 is 15.5 Å². The number of anilines is 1. The van der Waals surface area contributed by atoms with Crippen LogP contribution in [-0.2, 0) is 4.79 Å². The highest BCUT2D eigenvalue weighted by Crippen LogP contribution is 2.18. The molecule has 6 heteroatoms. The minimum absolute atomic E-state index is 0.0333. The van der Waals surface area contributed by atoms with Gasteiger partial charge in [0.15, 0.2) is 0 Å². The van der Waals surface area contributed by atoms with Gasteiger partial charge in [0.1, 0.15) is 0 Å². The van der Waals surface area contributed by atoms with E-state index in [0.29, 0.717) is 11.3 Å². The molecule has 2 N–H and O–H groups in total. The molecule has 138 valence electrons. The summed E-state index contributed by atoms with van der Waals surface area (Å²) in [7, 11) is 2.10. The van der Waals surface area contributed by atoms with Gasteiger partial charge in [-0.05, 0) is 52.4 Å². The maximum atomic E-state index is 12.6. The first kappa shape index (κ1) is 19.4. The normalized spacial score (nSPS) is 17.4. The minimum Gasteiger partial charge on any atom is -0.350 e. The van der Waals surface area contributed by atoms with Crippen molar-refractivity contribution in [1.82, 2.24) is 15.1 Å². The molecule has 6 nitrogen and oxygen atoms in total. The number of nitrogens with zero attached hydrogens (tertiary/aromatic N) is 2. The van der Waals surface area contributed by atoms with Gasteiger partial charge in [-0.3, -0.25) is 14.5 Å². The highest BCUT2D eigenvalue weighted by atomic mass is 16.2. The summed E-state index contributed by atoms with van der Waals surface area (Å²) in [6.45, 7) is 11.4. The fraction of sp³-hybridized carbons (Fsp3) is 0.579. The average molecular weight is 346 g/mol. The monoisotopic (exact) mass is 346 g/mol. The Kier molecular flexibility index (Phi) is 6.56. The summed E-state index contributed by atoms with van der Waals surface area (Å²) in [5.74, 6) is -0.160. The van der Waals surface area contributed by atoms with E-state index in [1.54, 1.807) is 12.1 Å². The van der Waals surface area contributed by atoms with Crippen molar-refractivity contribution < 1.29 is 9.59 Å². The summed E-state index contributed by atoms with van der Waals surface area (Å²) in [6.07, 6.45) is 0. The lowest BCUT2D eigenvalue weighted by atomic mass is 10.1. The van der Waals surface area contributed by atoms with Gasteiger partial charge in [-0.25, -0.2) is 0 Å². The summed E-state index contributed by atoms with van der Waals surface area (Å²) >= 11 is 0. The Hall–Kier alpha value is -1.92.